The van der Waals surface area contributed by atoms with Gasteiger partial charge >= 0.3 is 0 Å². The molecule has 4 nitrogen and oxygen atoms in total. The van der Waals surface area contributed by atoms with Crippen LogP contribution in [-0.4, -0.2) is 25.7 Å². The number of hydrogen-bond acceptors (Lipinski definition) is 3. The molecule has 16 heavy (non-hydrogen) atoms. The van der Waals surface area contributed by atoms with E-state index in [0.29, 0.717) is 13.2 Å². The second kappa shape index (κ2) is 4.53. The van der Waals surface area contributed by atoms with Crippen molar-refractivity contribution < 1.29 is 14.3 Å². The van der Waals surface area contributed by atoms with Crippen molar-refractivity contribution in [2.45, 2.75) is 19.6 Å². The van der Waals surface area contributed by atoms with E-state index in [1.54, 1.807) is 7.11 Å². The van der Waals surface area contributed by atoms with Gasteiger partial charge in [0, 0.05) is 6.54 Å². The number of carbonyl (C=O) groups is 1. The summed E-state index contributed by atoms with van der Waals surface area (Å²) in [6.45, 7) is 3.05. The van der Waals surface area contributed by atoms with E-state index in [9.17, 15) is 4.79 Å². The molecule has 1 atom stereocenters. The van der Waals surface area contributed by atoms with Gasteiger partial charge in [-0.25, -0.2) is 0 Å². The number of epoxide rings is 1. The van der Waals surface area contributed by atoms with E-state index in [2.05, 4.69) is 5.32 Å². The zero-order chi connectivity index (χ0) is 11.5. The molecule has 0 bridgehead atoms. The fourth-order valence-corrected chi connectivity index (χ4v) is 1.55. The molecule has 1 aromatic carbocycles. The van der Waals surface area contributed by atoms with Gasteiger partial charge in [0.1, 0.15) is 5.75 Å². The molecule has 1 heterocycles. The molecule has 0 aromatic heterocycles. The van der Waals surface area contributed by atoms with Gasteiger partial charge in [-0.05, 0) is 30.2 Å². The van der Waals surface area contributed by atoms with Crippen LogP contribution in [0.25, 0.3) is 0 Å². The lowest BCUT2D eigenvalue weighted by molar-refractivity contribution is -0.122. The number of aryl methyl sites for hydroxylation is 1. The maximum Gasteiger partial charge on any atom is 0.251 e. The molecule has 1 fully saturated rings. The second-order valence-corrected chi connectivity index (χ2v) is 3.90. The van der Waals surface area contributed by atoms with Crippen LogP contribution in [0.2, 0.25) is 0 Å². The molecule has 0 aliphatic carbocycles. The van der Waals surface area contributed by atoms with Gasteiger partial charge in [-0.1, -0.05) is 6.07 Å². The van der Waals surface area contributed by atoms with Crippen LogP contribution in [-0.2, 0) is 16.1 Å². The molecular weight excluding hydrogens is 206 g/mol. The highest BCUT2D eigenvalue weighted by molar-refractivity contribution is 5.82. The van der Waals surface area contributed by atoms with Crippen molar-refractivity contribution in [1.82, 2.24) is 5.32 Å². The number of rotatable bonds is 4. The van der Waals surface area contributed by atoms with Crippen LogP contribution < -0.4 is 10.1 Å². The Balaban J connectivity index is 1.97. The Bertz CT molecular complexity index is 399. The Morgan fingerprint density at radius 2 is 2.31 bits per heavy atom. The predicted octanol–water partition coefficient (Wildman–Crippen LogP) is 1.02. The highest BCUT2D eigenvalue weighted by Crippen LogP contribution is 2.16. The van der Waals surface area contributed by atoms with Crippen molar-refractivity contribution in [2.75, 3.05) is 13.7 Å². The normalized spacial score (nSPS) is 18.0. The summed E-state index contributed by atoms with van der Waals surface area (Å²) in [7, 11) is 1.63. The summed E-state index contributed by atoms with van der Waals surface area (Å²) < 4.78 is 10.1. The predicted molar refractivity (Wildman–Crippen MR) is 59.3 cm³/mol. The van der Waals surface area contributed by atoms with E-state index in [4.69, 9.17) is 9.47 Å². The molecule has 1 aliphatic rings. The smallest absolute Gasteiger partial charge is 0.251 e. The van der Waals surface area contributed by atoms with Crippen LogP contribution in [0.1, 0.15) is 11.1 Å². The summed E-state index contributed by atoms with van der Waals surface area (Å²) in [5.41, 5.74) is 2.15. The molecule has 86 valence electrons. The largest absolute Gasteiger partial charge is 0.497 e. The topological polar surface area (TPSA) is 50.9 Å². The monoisotopic (exact) mass is 221 g/mol. The van der Waals surface area contributed by atoms with Crippen LogP contribution >= 0.6 is 0 Å². The molecule has 4 heteroatoms. The van der Waals surface area contributed by atoms with E-state index in [1.165, 1.54) is 0 Å². The van der Waals surface area contributed by atoms with Crippen LogP contribution in [0.4, 0.5) is 0 Å². The Hall–Kier alpha value is -1.55. The van der Waals surface area contributed by atoms with Crippen LogP contribution in [0.3, 0.4) is 0 Å². The summed E-state index contributed by atoms with van der Waals surface area (Å²) in [6.07, 6.45) is -0.230. The minimum atomic E-state index is -0.230. The zero-order valence-electron chi connectivity index (χ0n) is 9.45. The minimum absolute atomic E-state index is 0.0412. The maximum absolute atomic E-state index is 11.4. The van der Waals surface area contributed by atoms with Gasteiger partial charge in [0.2, 0.25) is 0 Å². The van der Waals surface area contributed by atoms with Gasteiger partial charge in [0.25, 0.3) is 5.91 Å². The first-order valence-corrected chi connectivity index (χ1v) is 5.23. The first kappa shape index (κ1) is 11.0. The van der Waals surface area contributed by atoms with Crippen molar-refractivity contribution >= 4 is 5.91 Å². The molecule has 1 aromatic rings. The van der Waals surface area contributed by atoms with Gasteiger partial charge in [-0.3, -0.25) is 4.79 Å². The highest BCUT2D eigenvalue weighted by atomic mass is 16.6. The first-order valence-electron chi connectivity index (χ1n) is 5.23. The molecular formula is C12H15NO3. The van der Waals surface area contributed by atoms with Gasteiger partial charge < -0.3 is 14.8 Å². The van der Waals surface area contributed by atoms with Gasteiger partial charge in [0.05, 0.1) is 13.7 Å². The van der Waals surface area contributed by atoms with Crippen molar-refractivity contribution in [3.05, 3.63) is 29.3 Å². The minimum Gasteiger partial charge on any atom is -0.497 e. The van der Waals surface area contributed by atoms with Crippen molar-refractivity contribution in [2.24, 2.45) is 0 Å². The Morgan fingerprint density at radius 3 is 2.94 bits per heavy atom. The Kier molecular flexibility index (Phi) is 3.10. The van der Waals surface area contributed by atoms with Crippen LogP contribution in [0.5, 0.6) is 5.75 Å². The summed E-state index contributed by atoms with van der Waals surface area (Å²) in [6, 6.07) is 5.90. The Labute approximate surface area is 94.6 Å². The maximum atomic E-state index is 11.4. The van der Waals surface area contributed by atoms with Gasteiger partial charge in [0.15, 0.2) is 6.10 Å². The quantitative estimate of drug-likeness (QED) is 0.772. The summed E-state index contributed by atoms with van der Waals surface area (Å²) in [4.78, 5) is 11.4. The van der Waals surface area contributed by atoms with Gasteiger partial charge in [-0.15, -0.1) is 0 Å². The molecule has 1 N–H and O–H groups in total. The van der Waals surface area contributed by atoms with Crippen LogP contribution in [0, 0.1) is 6.92 Å². The molecule has 1 amide bonds. The molecule has 2 rings (SSSR count). The third kappa shape index (κ3) is 2.73. The summed E-state index contributed by atoms with van der Waals surface area (Å²) >= 11 is 0. The van der Waals surface area contributed by atoms with Crippen molar-refractivity contribution in [3.63, 3.8) is 0 Å². The zero-order valence-corrected chi connectivity index (χ0v) is 9.45. The molecule has 0 spiro atoms. The SMILES string of the molecule is COc1cc(C)cc(CNC(=O)C2CO2)c1. The van der Waals surface area contributed by atoms with Crippen LogP contribution in [0.15, 0.2) is 18.2 Å². The summed E-state index contributed by atoms with van der Waals surface area (Å²) in [5.74, 6) is 0.771. The number of amides is 1. The van der Waals surface area contributed by atoms with E-state index in [0.717, 1.165) is 16.9 Å². The average molecular weight is 221 g/mol. The second-order valence-electron chi connectivity index (χ2n) is 3.90. The standard InChI is InChI=1S/C12H15NO3/c1-8-3-9(5-10(4-8)15-2)6-13-12(14)11-7-16-11/h3-5,11H,6-7H2,1-2H3,(H,13,14). The molecule has 0 saturated carbocycles. The van der Waals surface area contributed by atoms with E-state index in [1.807, 2.05) is 25.1 Å². The van der Waals surface area contributed by atoms with Gasteiger partial charge in [-0.2, -0.15) is 0 Å². The lowest BCUT2D eigenvalue weighted by atomic mass is 10.1. The first-order chi connectivity index (χ1) is 7.69. The van der Waals surface area contributed by atoms with E-state index >= 15 is 0 Å². The average Bonchev–Trinajstić information content (AvgIpc) is 3.08. The summed E-state index contributed by atoms with van der Waals surface area (Å²) in [5, 5.41) is 2.82. The number of hydrogen-bond donors (Lipinski definition) is 1. The lowest BCUT2D eigenvalue weighted by Gasteiger charge is -2.07. The lowest BCUT2D eigenvalue weighted by Crippen LogP contribution is -2.27. The number of methoxy groups -OCH3 is 1. The fourth-order valence-electron chi connectivity index (χ4n) is 1.55. The number of benzene rings is 1. The van der Waals surface area contributed by atoms with Crippen molar-refractivity contribution in [3.8, 4) is 5.75 Å². The fraction of sp³-hybridized carbons (Fsp3) is 0.417. The number of nitrogens with one attached hydrogen (secondary N) is 1. The third-order valence-electron chi connectivity index (χ3n) is 2.44. The molecule has 1 saturated heterocycles. The van der Waals surface area contributed by atoms with E-state index < -0.39 is 0 Å². The number of carbonyl (C=O) groups excluding carboxylic acids is 1. The Morgan fingerprint density at radius 1 is 1.56 bits per heavy atom. The highest BCUT2D eigenvalue weighted by Gasteiger charge is 2.30. The van der Waals surface area contributed by atoms with E-state index in [-0.39, 0.29) is 12.0 Å². The van der Waals surface area contributed by atoms with Crippen molar-refractivity contribution in [1.29, 1.82) is 0 Å². The molecule has 1 aliphatic heterocycles. The third-order valence-corrected chi connectivity index (χ3v) is 2.44. The molecule has 0 radical (unpaired) electrons. The molecule has 1 unspecified atom stereocenters. The number of ether oxygens (including phenoxy) is 2.